The number of amides is 1. The lowest BCUT2D eigenvalue weighted by atomic mass is 10.1. The van der Waals surface area contributed by atoms with Crippen LogP contribution in [0.25, 0.3) is 0 Å². The molecule has 3 heteroatoms. The average molecular weight is 252 g/mol. The van der Waals surface area contributed by atoms with Crippen molar-refractivity contribution in [1.29, 1.82) is 0 Å². The summed E-state index contributed by atoms with van der Waals surface area (Å²) in [5.41, 5.74) is 5.28. The zero-order valence-corrected chi connectivity index (χ0v) is 11.1. The molecule has 2 aromatic carbocycles. The fraction of sp³-hybridized carbons (Fsp3) is 0.188. The maximum atomic E-state index is 12.2. The Morgan fingerprint density at radius 1 is 1.05 bits per heavy atom. The van der Waals surface area contributed by atoms with Crippen LogP contribution in [0.15, 0.2) is 42.5 Å². The van der Waals surface area contributed by atoms with Gasteiger partial charge in [0.05, 0.1) is 17.9 Å². The first kappa shape index (κ1) is 11.8. The van der Waals surface area contributed by atoms with Gasteiger partial charge in [-0.15, -0.1) is 0 Å². The Balaban J connectivity index is 2.13. The molecule has 1 amide bonds. The summed E-state index contributed by atoms with van der Waals surface area (Å²) in [7, 11) is 0. The van der Waals surface area contributed by atoms with E-state index in [0.29, 0.717) is 6.54 Å². The molecule has 0 unspecified atom stereocenters. The molecule has 0 bridgehead atoms. The molecule has 0 spiro atoms. The van der Waals surface area contributed by atoms with E-state index < -0.39 is 0 Å². The highest BCUT2D eigenvalue weighted by Crippen LogP contribution is 2.35. The van der Waals surface area contributed by atoms with Crippen molar-refractivity contribution in [2.45, 2.75) is 13.8 Å². The molecule has 19 heavy (non-hydrogen) atoms. The number of carbonyl (C=O) groups excluding carboxylic acids is 1. The molecule has 0 saturated carbocycles. The van der Waals surface area contributed by atoms with E-state index in [0.717, 1.165) is 17.1 Å². The van der Waals surface area contributed by atoms with E-state index in [1.54, 1.807) is 4.90 Å². The van der Waals surface area contributed by atoms with E-state index in [1.807, 2.05) is 30.3 Å². The second-order valence-electron chi connectivity index (χ2n) is 4.87. The second-order valence-corrected chi connectivity index (χ2v) is 4.87. The predicted molar refractivity (Wildman–Crippen MR) is 78.0 cm³/mol. The van der Waals surface area contributed by atoms with Gasteiger partial charge in [0.1, 0.15) is 0 Å². The quantitative estimate of drug-likeness (QED) is 0.843. The number of nitrogens with one attached hydrogen (secondary N) is 1. The van der Waals surface area contributed by atoms with Crippen molar-refractivity contribution in [3.05, 3.63) is 53.6 Å². The molecule has 1 N–H and O–H groups in total. The molecule has 0 aromatic heterocycles. The summed E-state index contributed by atoms with van der Waals surface area (Å²) < 4.78 is 0. The Bertz CT molecular complexity index is 649. The molecule has 0 radical (unpaired) electrons. The minimum atomic E-state index is 0.0713. The number of aryl methyl sites for hydroxylation is 2. The molecule has 0 aliphatic carbocycles. The van der Waals surface area contributed by atoms with Gasteiger partial charge >= 0.3 is 0 Å². The first-order valence-corrected chi connectivity index (χ1v) is 6.40. The number of anilines is 3. The molecular weight excluding hydrogens is 236 g/mol. The smallest absolute Gasteiger partial charge is 0.250 e. The van der Waals surface area contributed by atoms with Crippen LogP contribution in [0.5, 0.6) is 0 Å². The van der Waals surface area contributed by atoms with Crippen LogP contribution in [0.4, 0.5) is 17.1 Å². The van der Waals surface area contributed by atoms with Gasteiger partial charge in [0.15, 0.2) is 0 Å². The normalized spacial score (nSPS) is 14.0. The summed E-state index contributed by atoms with van der Waals surface area (Å²) >= 11 is 0. The Labute approximate surface area is 112 Å². The van der Waals surface area contributed by atoms with Crippen molar-refractivity contribution in [2.75, 3.05) is 16.8 Å². The van der Waals surface area contributed by atoms with Crippen LogP contribution in [0.2, 0.25) is 0 Å². The predicted octanol–water partition coefficient (Wildman–Crippen LogP) is 3.39. The van der Waals surface area contributed by atoms with E-state index in [-0.39, 0.29) is 5.91 Å². The number of nitrogens with zero attached hydrogens (tertiary/aromatic N) is 1. The summed E-state index contributed by atoms with van der Waals surface area (Å²) in [4.78, 5) is 14.0. The van der Waals surface area contributed by atoms with E-state index in [2.05, 4.69) is 31.3 Å². The third-order valence-corrected chi connectivity index (χ3v) is 3.57. The van der Waals surface area contributed by atoms with Gasteiger partial charge in [-0.05, 0) is 49.2 Å². The van der Waals surface area contributed by atoms with Crippen molar-refractivity contribution in [3.63, 3.8) is 0 Å². The van der Waals surface area contributed by atoms with E-state index in [4.69, 9.17) is 0 Å². The van der Waals surface area contributed by atoms with Crippen LogP contribution in [-0.4, -0.2) is 12.5 Å². The zero-order valence-electron chi connectivity index (χ0n) is 11.1. The lowest BCUT2D eigenvalue weighted by Gasteiger charge is -2.30. The Morgan fingerprint density at radius 2 is 1.84 bits per heavy atom. The number of carbonyl (C=O) groups is 1. The topological polar surface area (TPSA) is 32.3 Å². The van der Waals surface area contributed by atoms with Gasteiger partial charge in [-0.25, -0.2) is 0 Å². The van der Waals surface area contributed by atoms with E-state index in [9.17, 15) is 4.79 Å². The van der Waals surface area contributed by atoms with Gasteiger partial charge in [-0.2, -0.15) is 0 Å². The highest BCUT2D eigenvalue weighted by Gasteiger charge is 2.24. The first-order valence-electron chi connectivity index (χ1n) is 6.40. The molecule has 2 aromatic rings. The van der Waals surface area contributed by atoms with Gasteiger partial charge in [-0.3, -0.25) is 9.69 Å². The number of benzene rings is 2. The monoisotopic (exact) mass is 252 g/mol. The lowest BCUT2D eigenvalue weighted by molar-refractivity contribution is -0.116. The van der Waals surface area contributed by atoms with E-state index in [1.165, 1.54) is 11.1 Å². The summed E-state index contributed by atoms with van der Waals surface area (Å²) in [6, 6.07) is 14.0. The van der Waals surface area contributed by atoms with Crippen molar-refractivity contribution >= 4 is 23.0 Å². The van der Waals surface area contributed by atoms with Crippen LogP contribution < -0.4 is 10.2 Å². The largest absolute Gasteiger partial charge is 0.374 e. The third-order valence-electron chi connectivity index (χ3n) is 3.57. The van der Waals surface area contributed by atoms with Crippen molar-refractivity contribution in [1.82, 2.24) is 0 Å². The Morgan fingerprint density at radius 3 is 2.63 bits per heavy atom. The zero-order chi connectivity index (χ0) is 13.4. The van der Waals surface area contributed by atoms with Gasteiger partial charge in [0, 0.05) is 5.69 Å². The van der Waals surface area contributed by atoms with Crippen LogP contribution in [0, 0.1) is 13.8 Å². The fourth-order valence-electron chi connectivity index (χ4n) is 2.35. The molecule has 96 valence electrons. The molecule has 0 saturated heterocycles. The third kappa shape index (κ3) is 1.97. The lowest BCUT2D eigenvalue weighted by Crippen LogP contribution is -2.36. The van der Waals surface area contributed by atoms with Crippen LogP contribution in [0.1, 0.15) is 11.1 Å². The minimum Gasteiger partial charge on any atom is -0.374 e. The molecule has 1 aliphatic heterocycles. The molecular formula is C16H16N2O. The highest BCUT2D eigenvalue weighted by molar-refractivity contribution is 6.08. The number of hydrogen-bond donors (Lipinski definition) is 1. The molecule has 0 fully saturated rings. The van der Waals surface area contributed by atoms with Crippen molar-refractivity contribution in [2.24, 2.45) is 0 Å². The van der Waals surface area contributed by atoms with Crippen molar-refractivity contribution < 1.29 is 4.79 Å². The molecule has 1 heterocycles. The van der Waals surface area contributed by atoms with Gasteiger partial charge in [0.2, 0.25) is 0 Å². The number of rotatable bonds is 1. The molecule has 0 atom stereocenters. The minimum absolute atomic E-state index is 0.0713. The summed E-state index contributed by atoms with van der Waals surface area (Å²) in [5.74, 6) is 0.0713. The van der Waals surface area contributed by atoms with Crippen molar-refractivity contribution in [3.8, 4) is 0 Å². The van der Waals surface area contributed by atoms with Gasteiger partial charge in [0.25, 0.3) is 5.91 Å². The highest BCUT2D eigenvalue weighted by atomic mass is 16.2. The molecule has 3 rings (SSSR count). The Hall–Kier alpha value is -2.29. The maximum absolute atomic E-state index is 12.2. The van der Waals surface area contributed by atoms with Gasteiger partial charge < -0.3 is 5.32 Å². The van der Waals surface area contributed by atoms with Crippen LogP contribution in [0.3, 0.4) is 0 Å². The second kappa shape index (κ2) is 4.43. The Kier molecular flexibility index (Phi) is 2.75. The molecule has 1 aliphatic rings. The maximum Gasteiger partial charge on any atom is 0.250 e. The average Bonchev–Trinajstić information content (AvgIpc) is 2.42. The van der Waals surface area contributed by atoms with Crippen LogP contribution in [-0.2, 0) is 4.79 Å². The molecule has 3 nitrogen and oxygen atoms in total. The first-order chi connectivity index (χ1) is 9.16. The number of fused-ring (bicyclic) bond motifs is 1. The summed E-state index contributed by atoms with van der Waals surface area (Å²) in [6.45, 7) is 4.48. The standard InChI is InChI=1S/C16H16N2O/c1-11-7-8-13(9-12(11)2)18-15-6-4-3-5-14(15)17-10-16(18)19/h3-9,17H,10H2,1-2H3. The van der Waals surface area contributed by atoms with Crippen LogP contribution >= 0.6 is 0 Å². The van der Waals surface area contributed by atoms with E-state index >= 15 is 0 Å². The summed E-state index contributed by atoms with van der Waals surface area (Å²) in [5, 5.41) is 3.15. The summed E-state index contributed by atoms with van der Waals surface area (Å²) in [6.07, 6.45) is 0. The van der Waals surface area contributed by atoms with Gasteiger partial charge in [-0.1, -0.05) is 18.2 Å². The SMILES string of the molecule is Cc1ccc(N2C(=O)CNc3ccccc32)cc1C. The number of para-hydroxylation sites is 2. The number of hydrogen-bond acceptors (Lipinski definition) is 2. The fourth-order valence-corrected chi connectivity index (χ4v) is 2.35.